The Hall–Kier alpha value is -1.55. The molecule has 0 aromatic heterocycles. The van der Waals surface area contributed by atoms with Gasteiger partial charge in [-0.15, -0.1) is 0 Å². The zero-order chi connectivity index (χ0) is 17.9. The molecule has 0 aliphatic carbocycles. The number of likely N-dealkylation sites (tertiary alicyclic amines) is 1. The van der Waals surface area contributed by atoms with Crippen molar-refractivity contribution in [2.75, 3.05) is 39.4 Å². The van der Waals surface area contributed by atoms with Gasteiger partial charge in [0.2, 0.25) is 0 Å². The summed E-state index contributed by atoms with van der Waals surface area (Å²) in [6.07, 6.45) is 2.41. The second-order valence-corrected chi connectivity index (χ2v) is 8.34. The zero-order valence-corrected chi connectivity index (χ0v) is 16.3. The fourth-order valence-electron chi connectivity index (χ4n) is 4.20. The first-order valence-electron chi connectivity index (χ1n) is 9.63. The molecule has 0 amide bonds. The van der Waals surface area contributed by atoms with Crippen LogP contribution in [0.2, 0.25) is 0 Å². The molecular formula is C21H33N3O. The average molecular weight is 344 g/mol. The van der Waals surface area contributed by atoms with Gasteiger partial charge in [-0.25, -0.2) is 0 Å². The Kier molecular flexibility index (Phi) is 5.38. The van der Waals surface area contributed by atoms with Crippen molar-refractivity contribution in [2.45, 2.75) is 46.0 Å². The van der Waals surface area contributed by atoms with Crippen LogP contribution in [0.5, 0.6) is 0 Å². The topological polar surface area (TPSA) is 36.9 Å². The number of aliphatic imine (C=N–C) groups is 1. The van der Waals surface area contributed by atoms with Gasteiger partial charge in [0.15, 0.2) is 5.96 Å². The fraction of sp³-hybridized carbons (Fsp3) is 0.667. The van der Waals surface area contributed by atoms with Crippen molar-refractivity contribution in [3.63, 3.8) is 0 Å². The monoisotopic (exact) mass is 343 g/mol. The second kappa shape index (κ2) is 7.36. The van der Waals surface area contributed by atoms with Crippen molar-refractivity contribution in [3.8, 4) is 0 Å². The van der Waals surface area contributed by atoms with E-state index < -0.39 is 0 Å². The fourth-order valence-corrected chi connectivity index (χ4v) is 4.20. The summed E-state index contributed by atoms with van der Waals surface area (Å²) in [7, 11) is 0. The van der Waals surface area contributed by atoms with Crippen molar-refractivity contribution in [2.24, 2.45) is 10.4 Å². The van der Waals surface area contributed by atoms with Gasteiger partial charge in [-0.2, -0.15) is 0 Å². The Balaban J connectivity index is 1.73. The van der Waals surface area contributed by atoms with E-state index in [1.54, 1.807) is 0 Å². The molecule has 3 rings (SSSR count). The van der Waals surface area contributed by atoms with Crippen LogP contribution in [0.1, 0.15) is 44.7 Å². The van der Waals surface area contributed by atoms with Crippen LogP contribution in [0.4, 0.5) is 0 Å². The Morgan fingerprint density at radius 1 is 1.32 bits per heavy atom. The summed E-state index contributed by atoms with van der Waals surface area (Å²) in [5.41, 5.74) is 3.12. The molecule has 138 valence electrons. The van der Waals surface area contributed by atoms with Gasteiger partial charge in [0.1, 0.15) is 0 Å². The molecule has 1 atom stereocenters. The number of guanidine groups is 1. The van der Waals surface area contributed by atoms with E-state index in [2.05, 4.69) is 62.2 Å². The Morgan fingerprint density at radius 3 is 2.80 bits per heavy atom. The molecule has 4 nitrogen and oxygen atoms in total. The third-order valence-corrected chi connectivity index (χ3v) is 5.76. The SMILES string of the molecule is CCNC(=NCC(C)(C)c1ccccc1C)N1CCC2(CCOC2)C1. The second-order valence-electron chi connectivity index (χ2n) is 8.34. The van der Waals surface area contributed by atoms with Gasteiger partial charge in [-0.05, 0) is 37.8 Å². The van der Waals surface area contributed by atoms with Gasteiger partial charge in [0.05, 0.1) is 13.2 Å². The molecule has 0 radical (unpaired) electrons. The van der Waals surface area contributed by atoms with Gasteiger partial charge >= 0.3 is 0 Å². The molecule has 2 fully saturated rings. The lowest BCUT2D eigenvalue weighted by atomic mass is 9.82. The van der Waals surface area contributed by atoms with E-state index in [0.717, 1.165) is 45.4 Å². The van der Waals surface area contributed by atoms with Gasteiger partial charge in [-0.3, -0.25) is 4.99 Å². The maximum Gasteiger partial charge on any atom is 0.193 e. The van der Waals surface area contributed by atoms with Gasteiger partial charge in [0, 0.05) is 37.1 Å². The van der Waals surface area contributed by atoms with Crippen molar-refractivity contribution < 1.29 is 4.74 Å². The molecule has 0 bridgehead atoms. The summed E-state index contributed by atoms with van der Waals surface area (Å²) < 4.78 is 5.67. The molecule has 1 N–H and O–H groups in total. The average Bonchev–Trinajstić information content (AvgIpc) is 3.22. The third-order valence-electron chi connectivity index (χ3n) is 5.76. The summed E-state index contributed by atoms with van der Waals surface area (Å²) >= 11 is 0. The van der Waals surface area contributed by atoms with Crippen LogP contribution < -0.4 is 5.32 Å². The highest BCUT2D eigenvalue weighted by Gasteiger charge is 2.42. The van der Waals surface area contributed by atoms with E-state index in [1.807, 2.05) is 0 Å². The summed E-state index contributed by atoms with van der Waals surface area (Å²) in [6.45, 7) is 14.6. The minimum atomic E-state index is 0.0277. The third kappa shape index (κ3) is 4.00. The van der Waals surface area contributed by atoms with E-state index in [-0.39, 0.29) is 5.41 Å². The van der Waals surface area contributed by atoms with E-state index in [9.17, 15) is 0 Å². The Labute approximate surface area is 152 Å². The Morgan fingerprint density at radius 2 is 2.12 bits per heavy atom. The number of rotatable bonds is 4. The summed E-state index contributed by atoms with van der Waals surface area (Å²) in [4.78, 5) is 7.47. The largest absolute Gasteiger partial charge is 0.381 e. The normalized spacial score (nSPS) is 24.3. The van der Waals surface area contributed by atoms with E-state index >= 15 is 0 Å². The summed E-state index contributed by atoms with van der Waals surface area (Å²) in [5.74, 6) is 1.06. The van der Waals surface area contributed by atoms with Crippen LogP contribution in [0, 0.1) is 12.3 Å². The molecule has 1 aromatic rings. The molecular weight excluding hydrogens is 310 g/mol. The number of benzene rings is 1. The first kappa shape index (κ1) is 18.2. The summed E-state index contributed by atoms with van der Waals surface area (Å²) in [5, 5.41) is 3.50. The van der Waals surface area contributed by atoms with Crippen molar-refractivity contribution in [1.29, 1.82) is 0 Å². The number of aryl methyl sites for hydroxylation is 1. The lowest BCUT2D eigenvalue weighted by Crippen LogP contribution is -2.42. The van der Waals surface area contributed by atoms with E-state index in [1.165, 1.54) is 24.0 Å². The lowest BCUT2D eigenvalue weighted by molar-refractivity contribution is 0.156. The lowest BCUT2D eigenvalue weighted by Gasteiger charge is -2.28. The van der Waals surface area contributed by atoms with Crippen LogP contribution in [-0.2, 0) is 10.2 Å². The van der Waals surface area contributed by atoms with Crippen LogP contribution in [0.3, 0.4) is 0 Å². The number of ether oxygens (including phenoxy) is 1. The highest BCUT2D eigenvalue weighted by Crippen LogP contribution is 2.38. The van der Waals surface area contributed by atoms with E-state index in [4.69, 9.17) is 9.73 Å². The highest BCUT2D eigenvalue weighted by molar-refractivity contribution is 5.80. The number of nitrogens with one attached hydrogen (secondary N) is 1. The van der Waals surface area contributed by atoms with E-state index in [0.29, 0.717) is 5.41 Å². The van der Waals surface area contributed by atoms with Crippen molar-refractivity contribution in [1.82, 2.24) is 10.2 Å². The molecule has 25 heavy (non-hydrogen) atoms. The molecule has 2 aliphatic rings. The molecule has 2 aliphatic heterocycles. The minimum Gasteiger partial charge on any atom is -0.381 e. The van der Waals surface area contributed by atoms with Gasteiger partial charge in [-0.1, -0.05) is 38.1 Å². The maximum absolute atomic E-state index is 5.67. The predicted molar refractivity (Wildman–Crippen MR) is 104 cm³/mol. The van der Waals surface area contributed by atoms with Crippen molar-refractivity contribution >= 4 is 5.96 Å². The predicted octanol–water partition coefficient (Wildman–Crippen LogP) is 3.35. The highest BCUT2D eigenvalue weighted by atomic mass is 16.5. The first-order valence-corrected chi connectivity index (χ1v) is 9.63. The number of hydrogen-bond acceptors (Lipinski definition) is 2. The summed E-state index contributed by atoms with van der Waals surface area (Å²) in [6, 6.07) is 8.66. The molecule has 4 heteroatoms. The minimum absolute atomic E-state index is 0.0277. The molecule has 1 aromatic carbocycles. The number of hydrogen-bond donors (Lipinski definition) is 1. The van der Waals surface area contributed by atoms with Crippen LogP contribution in [0.15, 0.2) is 29.3 Å². The molecule has 1 spiro atoms. The smallest absolute Gasteiger partial charge is 0.193 e. The van der Waals surface area contributed by atoms with Gasteiger partial charge < -0.3 is 15.0 Å². The molecule has 1 unspecified atom stereocenters. The van der Waals surface area contributed by atoms with Gasteiger partial charge in [0.25, 0.3) is 0 Å². The van der Waals surface area contributed by atoms with Crippen molar-refractivity contribution in [3.05, 3.63) is 35.4 Å². The molecule has 2 heterocycles. The Bertz CT molecular complexity index is 617. The zero-order valence-electron chi connectivity index (χ0n) is 16.3. The van der Waals surface area contributed by atoms with Crippen LogP contribution >= 0.6 is 0 Å². The molecule has 0 saturated carbocycles. The van der Waals surface area contributed by atoms with Crippen LogP contribution in [-0.4, -0.2) is 50.3 Å². The number of nitrogens with zero attached hydrogens (tertiary/aromatic N) is 2. The van der Waals surface area contributed by atoms with Crippen LogP contribution in [0.25, 0.3) is 0 Å². The quantitative estimate of drug-likeness (QED) is 0.673. The first-order chi connectivity index (χ1) is 12.0. The molecule has 2 saturated heterocycles. The standard InChI is InChI=1S/C21H33N3O/c1-5-22-19(24-12-10-21(15-24)11-13-25-16-21)23-14-20(3,4)18-9-7-6-8-17(18)2/h6-9H,5,10-16H2,1-4H3,(H,22,23). The maximum atomic E-state index is 5.67.